The highest BCUT2D eigenvalue weighted by Gasteiger charge is 2.36. The number of carbonyl (C=O) groups is 1. The van der Waals surface area contributed by atoms with E-state index in [1.807, 2.05) is 0 Å². The number of hydrogen-bond acceptors (Lipinski definition) is 4. The molecule has 4 nitrogen and oxygen atoms in total. The lowest BCUT2D eigenvalue weighted by atomic mass is 9.91. The predicted octanol–water partition coefficient (Wildman–Crippen LogP) is 1.59. The Bertz CT molecular complexity index is 433. The molecule has 0 amide bonds. The first-order valence-corrected chi connectivity index (χ1v) is 5.73. The van der Waals surface area contributed by atoms with Crippen LogP contribution in [0.1, 0.15) is 12.5 Å². The molecule has 0 aromatic heterocycles. The molecule has 106 valence electrons. The molecule has 0 spiro atoms. The van der Waals surface area contributed by atoms with Gasteiger partial charge in [-0.3, -0.25) is 5.32 Å². The number of esters is 1. The van der Waals surface area contributed by atoms with Crippen LogP contribution in [0, 0.1) is 11.6 Å². The van der Waals surface area contributed by atoms with E-state index in [1.165, 1.54) is 21.1 Å². The number of benzene rings is 1. The zero-order valence-electron chi connectivity index (χ0n) is 11.1. The number of hydrogen-bond donors (Lipinski definition) is 1. The van der Waals surface area contributed by atoms with E-state index in [9.17, 15) is 13.6 Å². The van der Waals surface area contributed by atoms with Gasteiger partial charge >= 0.3 is 5.97 Å². The Kier molecular flexibility index (Phi) is 5.38. The topological polar surface area (TPSA) is 47.6 Å². The van der Waals surface area contributed by atoms with Crippen molar-refractivity contribution in [3.8, 4) is 0 Å². The second kappa shape index (κ2) is 6.58. The summed E-state index contributed by atoms with van der Waals surface area (Å²) in [5, 5.41) is 2.89. The van der Waals surface area contributed by atoms with Gasteiger partial charge in [-0.1, -0.05) is 0 Å². The Hall–Kier alpha value is -1.53. The van der Waals surface area contributed by atoms with Crippen LogP contribution in [-0.4, -0.2) is 33.3 Å². The molecule has 0 radical (unpaired) electrons. The molecule has 0 fully saturated rings. The molecule has 6 heteroatoms. The van der Waals surface area contributed by atoms with Crippen LogP contribution in [0.5, 0.6) is 0 Å². The molecule has 19 heavy (non-hydrogen) atoms. The van der Waals surface area contributed by atoms with Gasteiger partial charge in [0.25, 0.3) is 0 Å². The molecule has 1 atom stereocenters. The maximum Gasteiger partial charge on any atom is 0.330 e. The molecule has 0 bridgehead atoms. The normalized spacial score (nSPS) is 13.9. The van der Waals surface area contributed by atoms with Crippen molar-refractivity contribution in [2.24, 2.45) is 0 Å². The quantitative estimate of drug-likeness (QED) is 0.631. The smallest absolute Gasteiger partial charge is 0.330 e. The Balaban J connectivity index is 3.11. The van der Waals surface area contributed by atoms with Crippen LogP contribution in [0.15, 0.2) is 18.2 Å². The van der Waals surface area contributed by atoms with Crippen LogP contribution in [0.4, 0.5) is 8.78 Å². The summed E-state index contributed by atoms with van der Waals surface area (Å²) in [6.07, 6.45) is 0. The van der Waals surface area contributed by atoms with Gasteiger partial charge in [-0.25, -0.2) is 13.6 Å². The first-order chi connectivity index (χ1) is 8.93. The third kappa shape index (κ3) is 3.71. The van der Waals surface area contributed by atoms with Gasteiger partial charge in [0.15, 0.2) is 0 Å². The molecule has 0 aliphatic heterocycles. The van der Waals surface area contributed by atoms with E-state index >= 15 is 0 Å². The summed E-state index contributed by atoms with van der Waals surface area (Å²) in [6, 6.07) is 2.94. The molecule has 0 saturated carbocycles. The highest BCUT2D eigenvalue weighted by atomic mass is 19.1. The van der Waals surface area contributed by atoms with Crippen LogP contribution < -0.4 is 5.32 Å². The second-order valence-corrected chi connectivity index (χ2v) is 4.19. The first-order valence-electron chi connectivity index (χ1n) is 5.73. The van der Waals surface area contributed by atoms with Crippen molar-refractivity contribution in [2.45, 2.75) is 12.5 Å². The van der Waals surface area contributed by atoms with Gasteiger partial charge in [0, 0.05) is 19.7 Å². The summed E-state index contributed by atoms with van der Waals surface area (Å²) in [6.45, 7) is 2.19. The fourth-order valence-corrected chi connectivity index (χ4v) is 1.74. The molecular weight excluding hydrogens is 256 g/mol. The van der Waals surface area contributed by atoms with Gasteiger partial charge in [-0.05, 0) is 24.6 Å². The molecule has 0 saturated heterocycles. The fraction of sp³-hybridized carbons (Fsp3) is 0.462. The molecule has 0 aliphatic carbocycles. The van der Waals surface area contributed by atoms with Crippen molar-refractivity contribution in [1.29, 1.82) is 0 Å². The predicted molar refractivity (Wildman–Crippen MR) is 65.6 cm³/mol. The summed E-state index contributed by atoms with van der Waals surface area (Å²) in [5.74, 6) is -2.13. The number of carbonyl (C=O) groups excluding carboxylic acids is 1. The minimum absolute atomic E-state index is 0.160. The minimum atomic E-state index is -1.34. The van der Waals surface area contributed by atoms with E-state index in [-0.39, 0.29) is 5.56 Å². The van der Waals surface area contributed by atoms with Gasteiger partial charge in [-0.15, -0.1) is 0 Å². The largest absolute Gasteiger partial charge is 0.467 e. The Labute approximate surface area is 110 Å². The summed E-state index contributed by atoms with van der Waals surface area (Å²) in [5.41, 5.74) is -1.18. The van der Waals surface area contributed by atoms with Gasteiger partial charge in [-0.2, -0.15) is 0 Å². The molecular formula is C13H17F2NO3. The van der Waals surface area contributed by atoms with Gasteiger partial charge < -0.3 is 9.47 Å². The fourth-order valence-electron chi connectivity index (χ4n) is 1.74. The Morgan fingerprint density at radius 2 is 1.84 bits per heavy atom. The van der Waals surface area contributed by atoms with Crippen molar-refractivity contribution in [2.75, 3.05) is 27.4 Å². The van der Waals surface area contributed by atoms with E-state index in [0.717, 1.165) is 18.2 Å². The average Bonchev–Trinajstić information content (AvgIpc) is 2.36. The summed E-state index contributed by atoms with van der Waals surface area (Å²) >= 11 is 0. The van der Waals surface area contributed by atoms with Crippen molar-refractivity contribution in [3.05, 3.63) is 35.4 Å². The van der Waals surface area contributed by atoms with Gasteiger partial charge in [0.2, 0.25) is 0 Å². The van der Waals surface area contributed by atoms with Crippen molar-refractivity contribution >= 4 is 5.97 Å². The van der Waals surface area contributed by atoms with Crippen molar-refractivity contribution in [3.63, 3.8) is 0 Å². The minimum Gasteiger partial charge on any atom is -0.467 e. The Morgan fingerprint density at radius 1 is 1.26 bits per heavy atom. The summed E-state index contributed by atoms with van der Waals surface area (Å²) < 4.78 is 36.1. The zero-order chi connectivity index (χ0) is 14.5. The van der Waals surface area contributed by atoms with E-state index in [1.54, 1.807) is 0 Å². The Morgan fingerprint density at radius 3 is 2.32 bits per heavy atom. The highest BCUT2D eigenvalue weighted by molar-refractivity contribution is 5.82. The second-order valence-electron chi connectivity index (χ2n) is 4.19. The van der Waals surface area contributed by atoms with Crippen LogP contribution in [-0.2, 0) is 19.8 Å². The lowest BCUT2D eigenvalue weighted by Crippen LogP contribution is -2.48. The molecule has 1 N–H and O–H groups in total. The number of rotatable bonds is 6. The molecule has 0 aliphatic rings. The van der Waals surface area contributed by atoms with E-state index in [0.29, 0.717) is 13.2 Å². The standard InChI is InChI=1S/C13H17F2NO3/c1-13(12(17)19-3,16-4-5-18-2)9-6-10(14)8-11(15)7-9/h6-8,16H,4-5H2,1-3H3. The van der Waals surface area contributed by atoms with Gasteiger partial charge in [0.05, 0.1) is 13.7 Å². The molecule has 1 rings (SSSR count). The maximum atomic E-state index is 13.3. The molecule has 1 unspecified atom stereocenters. The van der Waals surface area contributed by atoms with E-state index in [2.05, 4.69) is 5.32 Å². The highest BCUT2D eigenvalue weighted by Crippen LogP contribution is 2.24. The summed E-state index contributed by atoms with van der Waals surface area (Å²) in [4.78, 5) is 11.9. The van der Waals surface area contributed by atoms with Crippen LogP contribution in [0.3, 0.4) is 0 Å². The van der Waals surface area contributed by atoms with Crippen LogP contribution >= 0.6 is 0 Å². The molecule has 0 heterocycles. The van der Waals surface area contributed by atoms with Crippen molar-refractivity contribution in [1.82, 2.24) is 5.32 Å². The number of halogens is 2. The zero-order valence-corrected chi connectivity index (χ0v) is 11.1. The SMILES string of the molecule is COCCNC(C)(C(=O)OC)c1cc(F)cc(F)c1. The lowest BCUT2D eigenvalue weighted by Gasteiger charge is -2.28. The molecule has 1 aromatic carbocycles. The van der Waals surface area contributed by atoms with Gasteiger partial charge in [0.1, 0.15) is 17.2 Å². The third-order valence-corrected chi connectivity index (χ3v) is 2.82. The van der Waals surface area contributed by atoms with E-state index < -0.39 is 23.1 Å². The third-order valence-electron chi connectivity index (χ3n) is 2.82. The van der Waals surface area contributed by atoms with Crippen LogP contribution in [0.2, 0.25) is 0 Å². The van der Waals surface area contributed by atoms with Crippen molar-refractivity contribution < 1.29 is 23.0 Å². The first kappa shape index (κ1) is 15.5. The summed E-state index contributed by atoms with van der Waals surface area (Å²) in [7, 11) is 2.73. The maximum absolute atomic E-state index is 13.3. The van der Waals surface area contributed by atoms with E-state index in [4.69, 9.17) is 9.47 Å². The van der Waals surface area contributed by atoms with Crippen LogP contribution in [0.25, 0.3) is 0 Å². The monoisotopic (exact) mass is 273 g/mol. The lowest BCUT2D eigenvalue weighted by molar-refractivity contribution is -0.148. The number of ether oxygens (including phenoxy) is 2. The molecule has 1 aromatic rings. The average molecular weight is 273 g/mol. The number of methoxy groups -OCH3 is 2. The number of nitrogens with one attached hydrogen (secondary N) is 1.